The molecule has 5 heteroatoms. The third kappa shape index (κ3) is 2.31. The lowest BCUT2D eigenvalue weighted by molar-refractivity contribution is 0.0835. The van der Waals surface area contributed by atoms with E-state index in [1.807, 2.05) is 0 Å². The number of halogens is 1. The van der Waals surface area contributed by atoms with Gasteiger partial charge in [0.25, 0.3) is 0 Å². The van der Waals surface area contributed by atoms with E-state index in [1.165, 1.54) is 12.8 Å². The highest BCUT2D eigenvalue weighted by atomic mass is 79.9. The molecule has 4 nitrogen and oxygen atoms in total. The summed E-state index contributed by atoms with van der Waals surface area (Å²) in [5.74, 6) is 2.50. The number of ether oxygens (including phenoxy) is 1. The van der Waals surface area contributed by atoms with Crippen molar-refractivity contribution in [2.45, 2.75) is 37.5 Å². The maximum atomic E-state index is 5.96. The maximum Gasteiger partial charge on any atom is 0.141 e. The molecule has 1 aromatic heterocycles. The molecule has 3 rings (SSSR count). The molecule has 0 aromatic carbocycles. The normalized spacial score (nSPS) is 21.7. The van der Waals surface area contributed by atoms with Crippen LogP contribution in [0.5, 0.6) is 0 Å². The van der Waals surface area contributed by atoms with Crippen molar-refractivity contribution in [3.63, 3.8) is 0 Å². The van der Waals surface area contributed by atoms with Crippen molar-refractivity contribution >= 4 is 21.7 Å². The summed E-state index contributed by atoms with van der Waals surface area (Å²) in [6.45, 7) is 1.62. The van der Waals surface area contributed by atoms with Crippen LogP contribution in [0.2, 0.25) is 0 Å². The Balaban J connectivity index is 1.93. The number of rotatable bonds is 2. The first kappa shape index (κ1) is 11.4. The van der Waals surface area contributed by atoms with Gasteiger partial charge in [0.05, 0.1) is 10.2 Å². The van der Waals surface area contributed by atoms with E-state index in [-0.39, 0.29) is 0 Å². The van der Waals surface area contributed by atoms with Crippen LogP contribution < -0.4 is 5.73 Å². The van der Waals surface area contributed by atoms with E-state index < -0.39 is 0 Å². The predicted molar refractivity (Wildman–Crippen MR) is 68.9 cm³/mol. The van der Waals surface area contributed by atoms with Crippen LogP contribution in [-0.4, -0.2) is 23.2 Å². The average Bonchev–Trinajstić information content (AvgIpc) is 3.18. The van der Waals surface area contributed by atoms with Crippen LogP contribution in [0, 0.1) is 0 Å². The molecule has 0 radical (unpaired) electrons. The van der Waals surface area contributed by atoms with Gasteiger partial charge in [0, 0.05) is 25.0 Å². The quantitative estimate of drug-likeness (QED) is 0.911. The molecule has 0 bridgehead atoms. The smallest absolute Gasteiger partial charge is 0.141 e. The van der Waals surface area contributed by atoms with Crippen molar-refractivity contribution in [1.29, 1.82) is 0 Å². The first-order valence-corrected chi connectivity index (χ1v) is 6.95. The van der Waals surface area contributed by atoms with Gasteiger partial charge in [-0.25, -0.2) is 9.97 Å². The van der Waals surface area contributed by atoms with Gasteiger partial charge >= 0.3 is 0 Å². The first-order valence-electron chi connectivity index (χ1n) is 6.16. The van der Waals surface area contributed by atoms with Gasteiger partial charge in [-0.05, 0) is 41.6 Å². The highest BCUT2D eigenvalue weighted by molar-refractivity contribution is 9.10. The van der Waals surface area contributed by atoms with Crippen molar-refractivity contribution in [1.82, 2.24) is 9.97 Å². The SMILES string of the molecule is Nc1nc(C2CCOCC2)nc(C2CC2)c1Br. The molecule has 17 heavy (non-hydrogen) atoms. The second kappa shape index (κ2) is 4.53. The van der Waals surface area contributed by atoms with E-state index in [0.29, 0.717) is 17.7 Å². The largest absolute Gasteiger partial charge is 0.383 e. The summed E-state index contributed by atoms with van der Waals surface area (Å²) in [4.78, 5) is 9.16. The summed E-state index contributed by atoms with van der Waals surface area (Å²) in [5, 5.41) is 0. The van der Waals surface area contributed by atoms with Crippen molar-refractivity contribution in [3.05, 3.63) is 16.0 Å². The summed E-state index contributed by atoms with van der Waals surface area (Å²) >= 11 is 3.50. The number of hydrogen-bond donors (Lipinski definition) is 1. The lowest BCUT2D eigenvalue weighted by Gasteiger charge is -2.21. The Labute approximate surface area is 109 Å². The van der Waals surface area contributed by atoms with E-state index in [2.05, 4.69) is 20.9 Å². The van der Waals surface area contributed by atoms with Crippen LogP contribution in [0.3, 0.4) is 0 Å². The first-order chi connectivity index (χ1) is 8.25. The Morgan fingerprint density at radius 2 is 1.76 bits per heavy atom. The second-order valence-corrected chi connectivity index (χ2v) is 5.62. The maximum absolute atomic E-state index is 5.96. The molecule has 0 spiro atoms. The minimum Gasteiger partial charge on any atom is -0.383 e. The van der Waals surface area contributed by atoms with Gasteiger partial charge < -0.3 is 10.5 Å². The van der Waals surface area contributed by atoms with Gasteiger partial charge in [-0.2, -0.15) is 0 Å². The van der Waals surface area contributed by atoms with E-state index in [0.717, 1.165) is 42.0 Å². The minimum absolute atomic E-state index is 0.414. The lowest BCUT2D eigenvalue weighted by atomic mass is 9.99. The third-order valence-electron chi connectivity index (χ3n) is 3.47. The van der Waals surface area contributed by atoms with Crippen LogP contribution in [0.15, 0.2) is 4.47 Å². The molecule has 1 saturated carbocycles. The Morgan fingerprint density at radius 1 is 1.06 bits per heavy atom. The zero-order valence-electron chi connectivity index (χ0n) is 9.66. The predicted octanol–water partition coefficient (Wildman–Crippen LogP) is 2.59. The van der Waals surface area contributed by atoms with Crippen molar-refractivity contribution in [2.24, 2.45) is 0 Å². The van der Waals surface area contributed by atoms with E-state index >= 15 is 0 Å². The summed E-state index contributed by atoms with van der Waals surface area (Å²) in [5.41, 5.74) is 7.07. The number of nitrogen functional groups attached to an aromatic ring is 1. The number of aromatic nitrogens is 2. The van der Waals surface area contributed by atoms with Gasteiger partial charge in [0.2, 0.25) is 0 Å². The number of hydrogen-bond acceptors (Lipinski definition) is 4. The monoisotopic (exact) mass is 297 g/mol. The number of anilines is 1. The molecule has 2 fully saturated rings. The highest BCUT2D eigenvalue weighted by Crippen LogP contribution is 2.44. The van der Waals surface area contributed by atoms with Gasteiger partial charge in [-0.3, -0.25) is 0 Å². The van der Waals surface area contributed by atoms with Crippen molar-refractivity contribution < 1.29 is 4.74 Å². The second-order valence-electron chi connectivity index (χ2n) is 4.83. The molecule has 2 aliphatic rings. The zero-order valence-corrected chi connectivity index (χ0v) is 11.2. The molecule has 2 heterocycles. The molecule has 1 saturated heterocycles. The molecule has 0 atom stereocenters. The number of nitrogens with two attached hydrogens (primary N) is 1. The fraction of sp³-hybridized carbons (Fsp3) is 0.667. The van der Waals surface area contributed by atoms with Crippen LogP contribution in [0.1, 0.15) is 49.0 Å². The zero-order chi connectivity index (χ0) is 11.8. The van der Waals surface area contributed by atoms with Gasteiger partial charge in [0.1, 0.15) is 11.6 Å². The van der Waals surface area contributed by atoms with Crippen LogP contribution in [0.4, 0.5) is 5.82 Å². The average molecular weight is 298 g/mol. The van der Waals surface area contributed by atoms with E-state index in [4.69, 9.17) is 15.5 Å². The van der Waals surface area contributed by atoms with Crippen molar-refractivity contribution in [3.8, 4) is 0 Å². The summed E-state index contributed by atoms with van der Waals surface area (Å²) in [7, 11) is 0. The molecule has 1 aliphatic heterocycles. The molecular weight excluding hydrogens is 282 g/mol. The summed E-state index contributed by atoms with van der Waals surface area (Å²) in [6.07, 6.45) is 4.46. The molecule has 0 amide bonds. The van der Waals surface area contributed by atoms with Crippen molar-refractivity contribution in [2.75, 3.05) is 18.9 Å². The van der Waals surface area contributed by atoms with Crippen LogP contribution in [0.25, 0.3) is 0 Å². The Kier molecular flexibility index (Phi) is 3.04. The van der Waals surface area contributed by atoms with Gasteiger partial charge in [-0.1, -0.05) is 0 Å². The minimum atomic E-state index is 0.414. The molecule has 0 unspecified atom stereocenters. The highest BCUT2D eigenvalue weighted by Gasteiger charge is 2.30. The standard InChI is InChI=1S/C12H16BrN3O/c13-9-10(7-1-2-7)15-12(16-11(9)14)8-3-5-17-6-4-8/h7-8H,1-6H2,(H2,14,15,16). The van der Waals surface area contributed by atoms with Crippen LogP contribution >= 0.6 is 15.9 Å². The topological polar surface area (TPSA) is 61.0 Å². The third-order valence-corrected chi connectivity index (χ3v) is 4.28. The lowest BCUT2D eigenvalue weighted by Crippen LogP contribution is -2.18. The Hall–Kier alpha value is -0.680. The molecular formula is C12H16BrN3O. The fourth-order valence-electron chi connectivity index (χ4n) is 2.27. The van der Waals surface area contributed by atoms with Gasteiger partial charge in [0.15, 0.2) is 0 Å². The van der Waals surface area contributed by atoms with Gasteiger partial charge in [-0.15, -0.1) is 0 Å². The van der Waals surface area contributed by atoms with E-state index in [9.17, 15) is 0 Å². The summed E-state index contributed by atoms with van der Waals surface area (Å²) in [6, 6.07) is 0. The summed E-state index contributed by atoms with van der Waals surface area (Å²) < 4.78 is 6.27. The Bertz CT molecular complexity index is 428. The molecule has 1 aliphatic carbocycles. The molecule has 92 valence electrons. The van der Waals surface area contributed by atoms with Crippen LogP contribution in [-0.2, 0) is 4.74 Å². The molecule has 2 N–H and O–H groups in total. The van der Waals surface area contributed by atoms with E-state index in [1.54, 1.807) is 0 Å². The molecule has 1 aromatic rings. The number of nitrogens with zero attached hydrogens (tertiary/aromatic N) is 2. The Morgan fingerprint density at radius 3 is 2.41 bits per heavy atom. The fourth-order valence-corrected chi connectivity index (χ4v) is 2.77.